The number of thioether (sulfide) groups is 1. The first-order valence-corrected chi connectivity index (χ1v) is 9.54. The Labute approximate surface area is 153 Å². The molecule has 0 fully saturated rings. The highest BCUT2D eigenvalue weighted by Gasteiger charge is 2.14. The minimum Gasteiger partial charge on any atom is -0.497 e. The number of hydrogen-bond donors (Lipinski definition) is 0. The van der Waals surface area contributed by atoms with Crippen LogP contribution in [0.4, 0.5) is 0 Å². The predicted octanol–water partition coefficient (Wildman–Crippen LogP) is 4.70. The number of aromatic nitrogens is 3. The number of methoxy groups -OCH3 is 1. The molecule has 0 saturated heterocycles. The van der Waals surface area contributed by atoms with Crippen molar-refractivity contribution in [3.05, 3.63) is 60.2 Å². The van der Waals surface area contributed by atoms with Gasteiger partial charge in [-0.1, -0.05) is 49.0 Å². The van der Waals surface area contributed by atoms with Gasteiger partial charge in [0.25, 0.3) is 0 Å². The van der Waals surface area contributed by atoms with Crippen LogP contribution in [-0.2, 0) is 13.0 Å². The minimum absolute atomic E-state index is 0.847. The molecule has 0 N–H and O–H groups in total. The maximum absolute atomic E-state index is 5.25. The lowest BCUT2D eigenvalue weighted by Crippen LogP contribution is -2.05. The highest BCUT2D eigenvalue weighted by atomic mass is 32.2. The molecule has 0 spiro atoms. The van der Waals surface area contributed by atoms with Gasteiger partial charge in [0.1, 0.15) is 5.75 Å². The van der Waals surface area contributed by atoms with Crippen LogP contribution in [0.2, 0.25) is 0 Å². The molecule has 25 heavy (non-hydrogen) atoms. The predicted molar refractivity (Wildman–Crippen MR) is 103 cm³/mol. The van der Waals surface area contributed by atoms with Gasteiger partial charge < -0.3 is 9.30 Å². The molecule has 0 radical (unpaired) electrons. The van der Waals surface area contributed by atoms with E-state index in [1.807, 2.05) is 30.3 Å². The third-order valence-corrected chi connectivity index (χ3v) is 5.14. The maximum Gasteiger partial charge on any atom is 0.191 e. The standard InChI is InChI=1S/C20H23N3OS/c1-3-15-25-20-22-21-19(17-9-11-18(24-2)12-10-17)23(20)14-13-16-7-5-4-6-8-16/h4-12H,3,13-15H2,1-2H3. The van der Waals surface area contributed by atoms with E-state index in [0.29, 0.717) is 0 Å². The summed E-state index contributed by atoms with van der Waals surface area (Å²) in [5.41, 5.74) is 2.38. The fourth-order valence-electron chi connectivity index (χ4n) is 2.63. The first-order valence-electron chi connectivity index (χ1n) is 8.56. The summed E-state index contributed by atoms with van der Waals surface area (Å²) >= 11 is 1.77. The van der Waals surface area contributed by atoms with E-state index in [1.165, 1.54) is 5.56 Å². The molecule has 3 aromatic rings. The molecule has 3 rings (SSSR count). The van der Waals surface area contributed by atoms with Gasteiger partial charge in [-0.2, -0.15) is 0 Å². The van der Waals surface area contributed by atoms with Crippen LogP contribution in [0.1, 0.15) is 18.9 Å². The van der Waals surface area contributed by atoms with Gasteiger partial charge in [-0.05, 0) is 42.7 Å². The molecular formula is C20H23N3OS. The molecule has 1 heterocycles. The number of ether oxygens (including phenoxy) is 1. The van der Waals surface area contributed by atoms with Gasteiger partial charge in [-0.3, -0.25) is 0 Å². The first-order chi connectivity index (χ1) is 12.3. The molecule has 0 bridgehead atoms. The third kappa shape index (κ3) is 4.42. The van der Waals surface area contributed by atoms with Crippen molar-refractivity contribution in [1.29, 1.82) is 0 Å². The second-order valence-electron chi connectivity index (χ2n) is 5.77. The van der Waals surface area contributed by atoms with Crippen LogP contribution in [0.5, 0.6) is 5.75 Å². The Morgan fingerprint density at radius 1 is 1.00 bits per heavy atom. The molecule has 4 nitrogen and oxygen atoms in total. The molecule has 0 unspecified atom stereocenters. The summed E-state index contributed by atoms with van der Waals surface area (Å²) < 4.78 is 7.48. The zero-order valence-corrected chi connectivity index (χ0v) is 15.5. The Balaban J connectivity index is 1.87. The highest BCUT2D eigenvalue weighted by molar-refractivity contribution is 7.99. The fourth-order valence-corrected chi connectivity index (χ4v) is 3.45. The van der Waals surface area contributed by atoms with Crippen molar-refractivity contribution in [1.82, 2.24) is 14.8 Å². The number of benzene rings is 2. The van der Waals surface area contributed by atoms with Crippen LogP contribution < -0.4 is 4.74 Å². The number of hydrogen-bond acceptors (Lipinski definition) is 4. The van der Waals surface area contributed by atoms with E-state index in [2.05, 4.69) is 46.0 Å². The Hall–Kier alpha value is -2.27. The summed E-state index contributed by atoms with van der Waals surface area (Å²) in [6.07, 6.45) is 2.08. The minimum atomic E-state index is 0.847. The summed E-state index contributed by atoms with van der Waals surface area (Å²) in [5.74, 6) is 2.81. The Morgan fingerprint density at radius 3 is 2.44 bits per heavy atom. The van der Waals surface area contributed by atoms with E-state index in [0.717, 1.165) is 47.4 Å². The average Bonchev–Trinajstić information content (AvgIpc) is 3.08. The lowest BCUT2D eigenvalue weighted by Gasteiger charge is -2.10. The van der Waals surface area contributed by atoms with Crippen molar-refractivity contribution in [2.75, 3.05) is 12.9 Å². The van der Waals surface area contributed by atoms with E-state index < -0.39 is 0 Å². The second-order valence-corrected chi connectivity index (χ2v) is 6.83. The maximum atomic E-state index is 5.25. The van der Waals surface area contributed by atoms with E-state index >= 15 is 0 Å². The van der Waals surface area contributed by atoms with E-state index in [-0.39, 0.29) is 0 Å². The van der Waals surface area contributed by atoms with E-state index in [9.17, 15) is 0 Å². The van der Waals surface area contributed by atoms with Gasteiger partial charge in [-0.25, -0.2) is 0 Å². The van der Waals surface area contributed by atoms with Crippen LogP contribution in [-0.4, -0.2) is 27.6 Å². The molecule has 0 aliphatic carbocycles. The highest BCUT2D eigenvalue weighted by Crippen LogP contribution is 2.26. The molecule has 0 amide bonds. The van der Waals surface area contributed by atoms with Crippen molar-refractivity contribution in [2.45, 2.75) is 31.5 Å². The lowest BCUT2D eigenvalue weighted by atomic mass is 10.1. The molecule has 2 aromatic carbocycles. The molecule has 0 aliphatic heterocycles. The van der Waals surface area contributed by atoms with Gasteiger partial charge in [0.2, 0.25) is 0 Å². The quantitative estimate of drug-likeness (QED) is 0.550. The average molecular weight is 353 g/mol. The zero-order valence-electron chi connectivity index (χ0n) is 14.7. The lowest BCUT2D eigenvalue weighted by molar-refractivity contribution is 0.415. The van der Waals surface area contributed by atoms with Crippen molar-refractivity contribution in [2.24, 2.45) is 0 Å². The van der Waals surface area contributed by atoms with Crippen molar-refractivity contribution in [3.63, 3.8) is 0 Å². The molecule has 0 atom stereocenters. The van der Waals surface area contributed by atoms with Crippen LogP contribution in [0.3, 0.4) is 0 Å². The number of nitrogens with zero attached hydrogens (tertiary/aromatic N) is 3. The van der Waals surface area contributed by atoms with Gasteiger partial charge in [0, 0.05) is 17.9 Å². The van der Waals surface area contributed by atoms with E-state index in [4.69, 9.17) is 4.74 Å². The molecule has 0 aliphatic rings. The zero-order chi connectivity index (χ0) is 17.5. The van der Waals surface area contributed by atoms with Crippen LogP contribution >= 0.6 is 11.8 Å². The number of rotatable bonds is 8. The van der Waals surface area contributed by atoms with Gasteiger partial charge in [-0.15, -0.1) is 10.2 Å². The van der Waals surface area contributed by atoms with Gasteiger partial charge >= 0.3 is 0 Å². The topological polar surface area (TPSA) is 39.9 Å². The van der Waals surface area contributed by atoms with Crippen LogP contribution in [0.25, 0.3) is 11.4 Å². The molecule has 0 saturated carbocycles. The Kier molecular flexibility index (Phi) is 6.12. The summed E-state index contributed by atoms with van der Waals surface area (Å²) in [6.45, 7) is 3.05. The Bertz CT molecular complexity index is 784. The molecule has 130 valence electrons. The smallest absolute Gasteiger partial charge is 0.191 e. The second kappa shape index (κ2) is 8.72. The summed E-state index contributed by atoms with van der Waals surface area (Å²) in [5, 5.41) is 9.88. The van der Waals surface area contributed by atoms with Crippen LogP contribution in [0, 0.1) is 0 Å². The summed E-state index contributed by atoms with van der Waals surface area (Å²) in [6, 6.07) is 18.5. The molecule has 5 heteroatoms. The van der Waals surface area contributed by atoms with Crippen molar-refractivity contribution < 1.29 is 4.74 Å². The van der Waals surface area contributed by atoms with Gasteiger partial charge in [0.05, 0.1) is 7.11 Å². The Morgan fingerprint density at radius 2 is 1.76 bits per heavy atom. The van der Waals surface area contributed by atoms with Crippen molar-refractivity contribution in [3.8, 4) is 17.1 Å². The first kappa shape index (κ1) is 17.5. The van der Waals surface area contributed by atoms with Crippen LogP contribution in [0.15, 0.2) is 59.8 Å². The third-order valence-electron chi connectivity index (χ3n) is 3.97. The van der Waals surface area contributed by atoms with Crippen molar-refractivity contribution >= 4 is 11.8 Å². The molecule has 1 aromatic heterocycles. The fraction of sp³-hybridized carbons (Fsp3) is 0.300. The largest absolute Gasteiger partial charge is 0.497 e. The van der Waals surface area contributed by atoms with E-state index in [1.54, 1.807) is 18.9 Å². The normalized spacial score (nSPS) is 10.8. The van der Waals surface area contributed by atoms with Gasteiger partial charge in [0.15, 0.2) is 11.0 Å². The summed E-state index contributed by atoms with van der Waals surface area (Å²) in [4.78, 5) is 0. The summed E-state index contributed by atoms with van der Waals surface area (Å²) in [7, 11) is 1.68. The monoisotopic (exact) mass is 353 g/mol. The molecular weight excluding hydrogens is 330 g/mol. The number of aryl methyl sites for hydroxylation is 1. The SMILES string of the molecule is CCCSc1nnc(-c2ccc(OC)cc2)n1CCc1ccccc1.